The van der Waals surface area contributed by atoms with Crippen LogP contribution < -0.4 is 11.1 Å². The van der Waals surface area contributed by atoms with Gasteiger partial charge in [-0.05, 0) is 56.7 Å². The van der Waals surface area contributed by atoms with Crippen LogP contribution in [0.25, 0.3) is 0 Å². The molecule has 3 N–H and O–H groups in total. The number of rotatable bonds is 4. The molecule has 1 aliphatic heterocycles. The zero-order chi connectivity index (χ0) is 10.5. The van der Waals surface area contributed by atoms with Crippen molar-refractivity contribution in [1.82, 2.24) is 5.32 Å². The van der Waals surface area contributed by atoms with Gasteiger partial charge < -0.3 is 11.1 Å². The van der Waals surface area contributed by atoms with Crippen LogP contribution in [0, 0.1) is 17.8 Å². The van der Waals surface area contributed by atoms with E-state index in [1.165, 1.54) is 58.0 Å². The number of hydrogen-bond acceptors (Lipinski definition) is 2. The fraction of sp³-hybridized carbons (Fsp3) is 1.00. The summed E-state index contributed by atoms with van der Waals surface area (Å²) in [5.74, 6) is 2.93. The molecule has 2 fully saturated rings. The lowest BCUT2D eigenvalue weighted by Gasteiger charge is -2.34. The minimum atomic E-state index is 0.894. The number of nitrogens with two attached hydrogens (primary N) is 1. The third-order valence-electron chi connectivity index (χ3n) is 4.49. The summed E-state index contributed by atoms with van der Waals surface area (Å²) >= 11 is 0. The van der Waals surface area contributed by atoms with E-state index in [4.69, 9.17) is 5.73 Å². The first-order chi connectivity index (χ1) is 7.42. The Morgan fingerprint density at radius 2 is 1.60 bits per heavy atom. The van der Waals surface area contributed by atoms with Gasteiger partial charge in [0.05, 0.1) is 0 Å². The fourth-order valence-corrected chi connectivity index (χ4v) is 3.71. The lowest BCUT2D eigenvalue weighted by atomic mass is 9.74. The third kappa shape index (κ3) is 2.94. The van der Waals surface area contributed by atoms with Crippen LogP contribution in [0.15, 0.2) is 0 Å². The summed E-state index contributed by atoms with van der Waals surface area (Å²) in [6, 6.07) is 0. The van der Waals surface area contributed by atoms with Gasteiger partial charge in [-0.1, -0.05) is 25.7 Å². The predicted molar refractivity (Wildman–Crippen MR) is 64.7 cm³/mol. The summed E-state index contributed by atoms with van der Waals surface area (Å²) in [4.78, 5) is 0. The van der Waals surface area contributed by atoms with Gasteiger partial charge in [-0.25, -0.2) is 0 Å². The summed E-state index contributed by atoms with van der Waals surface area (Å²) in [6.07, 6.45) is 9.95. The van der Waals surface area contributed by atoms with E-state index in [9.17, 15) is 0 Å². The van der Waals surface area contributed by atoms with Crippen LogP contribution in [0.2, 0.25) is 0 Å². The molecule has 1 saturated carbocycles. The minimum absolute atomic E-state index is 0.894. The summed E-state index contributed by atoms with van der Waals surface area (Å²) in [7, 11) is 0. The van der Waals surface area contributed by atoms with Gasteiger partial charge in [-0.2, -0.15) is 0 Å². The van der Waals surface area contributed by atoms with Gasteiger partial charge in [0.1, 0.15) is 0 Å². The second-order valence-corrected chi connectivity index (χ2v) is 5.37. The van der Waals surface area contributed by atoms with Crippen LogP contribution in [0.1, 0.15) is 44.9 Å². The smallest absolute Gasteiger partial charge is 0.00462 e. The van der Waals surface area contributed by atoms with Gasteiger partial charge in [0, 0.05) is 0 Å². The van der Waals surface area contributed by atoms with Gasteiger partial charge >= 0.3 is 0 Å². The molecule has 15 heavy (non-hydrogen) atoms. The van der Waals surface area contributed by atoms with E-state index in [-0.39, 0.29) is 0 Å². The van der Waals surface area contributed by atoms with E-state index < -0.39 is 0 Å². The van der Waals surface area contributed by atoms with Crippen molar-refractivity contribution in [2.24, 2.45) is 23.5 Å². The Bertz CT molecular complexity index is 169. The average molecular weight is 210 g/mol. The first-order valence-corrected chi connectivity index (χ1v) is 6.82. The molecule has 0 aromatic heterocycles. The molecular formula is C13H26N2. The van der Waals surface area contributed by atoms with E-state index in [0.717, 1.165) is 24.3 Å². The molecule has 2 nitrogen and oxygen atoms in total. The number of hydrogen-bond donors (Lipinski definition) is 2. The molecule has 0 bridgehead atoms. The number of nitrogens with one attached hydrogen (secondary N) is 1. The van der Waals surface area contributed by atoms with Crippen molar-refractivity contribution in [1.29, 1.82) is 0 Å². The molecule has 2 heteroatoms. The van der Waals surface area contributed by atoms with Gasteiger partial charge in [-0.3, -0.25) is 0 Å². The third-order valence-corrected chi connectivity index (χ3v) is 4.49. The molecule has 0 aromatic carbocycles. The molecule has 1 saturated heterocycles. The van der Waals surface area contributed by atoms with E-state index in [0.29, 0.717) is 0 Å². The zero-order valence-electron chi connectivity index (χ0n) is 9.88. The van der Waals surface area contributed by atoms with Crippen LogP contribution in [0.3, 0.4) is 0 Å². The van der Waals surface area contributed by atoms with Gasteiger partial charge in [0.25, 0.3) is 0 Å². The Hall–Kier alpha value is -0.0800. The van der Waals surface area contributed by atoms with Gasteiger partial charge in [0.15, 0.2) is 0 Å². The predicted octanol–water partition coefficient (Wildman–Crippen LogP) is 2.14. The van der Waals surface area contributed by atoms with Gasteiger partial charge in [0.2, 0.25) is 0 Å². The normalized spacial score (nSPS) is 27.0. The van der Waals surface area contributed by atoms with E-state index in [1.807, 2.05) is 0 Å². The molecule has 1 unspecified atom stereocenters. The molecule has 88 valence electrons. The van der Waals surface area contributed by atoms with E-state index >= 15 is 0 Å². The first kappa shape index (κ1) is 11.4. The molecule has 1 heterocycles. The van der Waals surface area contributed by atoms with Crippen molar-refractivity contribution in [3.8, 4) is 0 Å². The molecule has 1 atom stereocenters. The van der Waals surface area contributed by atoms with Crippen LogP contribution >= 0.6 is 0 Å². The van der Waals surface area contributed by atoms with Crippen molar-refractivity contribution < 1.29 is 0 Å². The summed E-state index contributed by atoms with van der Waals surface area (Å²) < 4.78 is 0. The zero-order valence-corrected chi connectivity index (χ0v) is 9.88. The maximum atomic E-state index is 5.79. The van der Waals surface area contributed by atoms with Crippen molar-refractivity contribution >= 4 is 0 Å². The molecular weight excluding hydrogens is 184 g/mol. The Morgan fingerprint density at radius 1 is 1.00 bits per heavy atom. The van der Waals surface area contributed by atoms with E-state index in [2.05, 4.69) is 5.32 Å². The SMILES string of the molecule is NCCC(C1CCCC1)C1CCNCC1. The van der Waals surface area contributed by atoms with Crippen molar-refractivity contribution in [3.63, 3.8) is 0 Å². The average Bonchev–Trinajstić information content (AvgIpc) is 2.80. The summed E-state index contributed by atoms with van der Waals surface area (Å²) in [5, 5.41) is 3.47. The van der Waals surface area contributed by atoms with Crippen LogP contribution in [0.4, 0.5) is 0 Å². The van der Waals surface area contributed by atoms with E-state index in [1.54, 1.807) is 0 Å². The Morgan fingerprint density at radius 3 is 2.20 bits per heavy atom. The van der Waals surface area contributed by atoms with Crippen molar-refractivity contribution in [2.45, 2.75) is 44.9 Å². The Kier molecular flexibility index (Phi) is 4.45. The monoisotopic (exact) mass is 210 g/mol. The van der Waals surface area contributed by atoms with Crippen molar-refractivity contribution in [2.75, 3.05) is 19.6 Å². The molecule has 0 amide bonds. The highest BCUT2D eigenvalue weighted by molar-refractivity contribution is 4.83. The largest absolute Gasteiger partial charge is 0.330 e. The highest BCUT2D eigenvalue weighted by atomic mass is 14.9. The second-order valence-electron chi connectivity index (χ2n) is 5.37. The second kappa shape index (κ2) is 5.86. The molecule has 0 aromatic rings. The Balaban J connectivity index is 1.90. The fourth-order valence-electron chi connectivity index (χ4n) is 3.71. The topological polar surface area (TPSA) is 38.0 Å². The molecule has 0 radical (unpaired) electrons. The summed E-state index contributed by atoms with van der Waals surface area (Å²) in [5.41, 5.74) is 5.79. The lowest BCUT2D eigenvalue weighted by molar-refractivity contribution is 0.177. The van der Waals surface area contributed by atoms with Crippen molar-refractivity contribution in [3.05, 3.63) is 0 Å². The quantitative estimate of drug-likeness (QED) is 0.746. The highest BCUT2D eigenvalue weighted by Crippen LogP contribution is 2.39. The molecule has 2 aliphatic rings. The lowest BCUT2D eigenvalue weighted by Crippen LogP contribution is -2.34. The molecule has 1 aliphatic carbocycles. The molecule has 0 spiro atoms. The Labute approximate surface area is 94.0 Å². The van der Waals surface area contributed by atoms with Crippen LogP contribution in [-0.4, -0.2) is 19.6 Å². The highest BCUT2D eigenvalue weighted by Gasteiger charge is 2.31. The first-order valence-electron chi connectivity index (χ1n) is 6.82. The van der Waals surface area contributed by atoms with Crippen LogP contribution in [0.5, 0.6) is 0 Å². The molecule has 2 rings (SSSR count). The standard InChI is InChI=1S/C13H26N2/c14-8-5-13(11-3-1-2-4-11)12-6-9-15-10-7-12/h11-13,15H,1-10,14H2. The number of piperidine rings is 1. The minimum Gasteiger partial charge on any atom is -0.330 e. The summed E-state index contributed by atoms with van der Waals surface area (Å²) in [6.45, 7) is 3.36. The van der Waals surface area contributed by atoms with Crippen LogP contribution in [-0.2, 0) is 0 Å². The van der Waals surface area contributed by atoms with Gasteiger partial charge in [-0.15, -0.1) is 0 Å². The maximum Gasteiger partial charge on any atom is -0.00462 e. The maximum absolute atomic E-state index is 5.79.